The van der Waals surface area contributed by atoms with Crippen molar-refractivity contribution < 1.29 is 14.4 Å². The molecular weight excluding hydrogens is 382 g/mol. The van der Waals surface area contributed by atoms with Crippen LogP contribution in [0.15, 0.2) is 24.3 Å². The Labute approximate surface area is 176 Å². The van der Waals surface area contributed by atoms with Crippen molar-refractivity contribution >= 4 is 17.7 Å². The van der Waals surface area contributed by atoms with Crippen LogP contribution in [-0.2, 0) is 18.4 Å². The van der Waals surface area contributed by atoms with Gasteiger partial charge in [0.1, 0.15) is 0 Å². The zero-order chi connectivity index (χ0) is 21.4. The van der Waals surface area contributed by atoms with Gasteiger partial charge in [0.05, 0.1) is 16.8 Å². The van der Waals surface area contributed by atoms with Crippen LogP contribution in [0.1, 0.15) is 44.1 Å². The molecule has 0 radical (unpaired) electrons. The summed E-state index contributed by atoms with van der Waals surface area (Å²) in [6, 6.07) is 6.80. The molecule has 2 aliphatic rings. The largest absolute Gasteiger partial charge is 0.340 e. The van der Waals surface area contributed by atoms with Gasteiger partial charge in [-0.25, -0.2) is 0 Å². The number of hydrogen-bond donors (Lipinski definition) is 0. The molecule has 0 bridgehead atoms. The third-order valence-corrected chi connectivity index (χ3v) is 6.19. The van der Waals surface area contributed by atoms with Crippen molar-refractivity contribution in [3.05, 3.63) is 52.3 Å². The van der Waals surface area contributed by atoms with Crippen LogP contribution in [0.5, 0.6) is 0 Å². The molecule has 1 saturated heterocycles. The molecule has 0 saturated carbocycles. The lowest BCUT2D eigenvalue weighted by atomic mass is 10.1. The number of carbonyl (C=O) groups is 3. The highest BCUT2D eigenvalue weighted by atomic mass is 16.2. The molecule has 0 atom stereocenters. The molecule has 4 rings (SSSR count). The number of piperazine rings is 1. The van der Waals surface area contributed by atoms with Gasteiger partial charge in [0, 0.05) is 64.0 Å². The Morgan fingerprint density at radius 3 is 2.13 bits per heavy atom. The molecule has 0 unspecified atom stereocenters. The Kier molecular flexibility index (Phi) is 5.42. The average Bonchev–Trinajstić information content (AvgIpc) is 3.14. The maximum Gasteiger partial charge on any atom is 0.261 e. The predicted octanol–water partition coefficient (Wildman–Crippen LogP) is 1.37. The highest BCUT2D eigenvalue weighted by molar-refractivity contribution is 6.21. The fourth-order valence-electron chi connectivity index (χ4n) is 4.23. The molecule has 0 N–H and O–H groups in total. The van der Waals surface area contributed by atoms with E-state index in [1.165, 1.54) is 16.2 Å². The van der Waals surface area contributed by atoms with E-state index in [0.29, 0.717) is 24.2 Å². The van der Waals surface area contributed by atoms with Crippen LogP contribution in [0.2, 0.25) is 0 Å². The van der Waals surface area contributed by atoms with Gasteiger partial charge in [0.2, 0.25) is 5.91 Å². The Balaban J connectivity index is 1.28. The minimum absolute atomic E-state index is 0.0139. The SMILES string of the molecule is Cc1nn(C)c(C)c1CN1CCN(C(=O)CCN2C(=O)c3ccccc3C2=O)CC1. The topological polar surface area (TPSA) is 78.8 Å². The van der Waals surface area contributed by atoms with Crippen LogP contribution in [0, 0.1) is 13.8 Å². The van der Waals surface area contributed by atoms with E-state index in [0.717, 1.165) is 25.3 Å². The molecule has 2 aromatic rings. The first-order valence-electron chi connectivity index (χ1n) is 10.3. The summed E-state index contributed by atoms with van der Waals surface area (Å²) >= 11 is 0. The standard InChI is InChI=1S/C22H27N5O3/c1-15-19(16(2)24(3)23-15)14-25-10-12-26(13-11-25)20(28)8-9-27-21(29)17-6-4-5-7-18(17)22(27)30/h4-7H,8-14H2,1-3H3. The molecular formula is C22H27N5O3. The average molecular weight is 409 g/mol. The Hall–Kier alpha value is -3.00. The van der Waals surface area contributed by atoms with Crippen LogP contribution in [0.25, 0.3) is 0 Å². The second-order valence-electron chi connectivity index (χ2n) is 7.99. The first kappa shape index (κ1) is 20.3. The summed E-state index contributed by atoms with van der Waals surface area (Å²) in [5.41, 5.74) is 4.32. The number of aryl methyl sites for hydroxylation is 2. The van der Waals surface area contributed by atoms with Crippen molar-refractivity contribution in [3.8, 4) is 0 Å². The number of nitrogens with zero attached hydrogens (tertiary/aromatic N) is 5. The minimum Gasteiger partial charge on any atom is -0.340 e. The van der Waals surface area contributed by atoms with Gasteiger partial charge < -0.3 is 4.90 Å². The van der Waals surface area contributed by atoms with E-state index in [9.17, 15) is 14.4 Å². The molecule has 8 heteroatoms. The Morgan fingerprint density at radius 2 is 1.60 bits per heavy atom. The van der Waals surface area contributed by atoms with Crippen molar-refractivity contribution in [2.24, 2.45) is 7.05 Å². The van der Waals surface area contributed by atoms with Gasteiger partial charge in [-0.05, 0) is 26.0 Å². The number of amides is 3. The number of fused-ring (bicyclic) bond motifs is 1. The van der Waals surface area contributed by atoms with E-state index in [2.05, 4.69) is 16.9 Å². The van der Waals surface area contributed by atoms with E-state index in [4.69, 9.17) is 0 Å². The van der Waals surface area contributed by atoms with Crippen molar-refractivity contribution in [2.45, 2.75) is 26.8 Å². The van der Waals surface area contributed by atoms with Crippen molar-refractivity contribution in [1.82, 2.24) is 24.5 Å². The van der Waals surface area contributed by atoms with Gasteiger partial charge in [-0.2, -0.15) is 5.10 Å². The molecule has 2 aliphatic heterocycles. The van der Waals surface area contributed by atoms with E-state index in [1.807, 2.05) is 23.6 Å². The lowest BCUT2D eigenvalue weighted by Crippen LogP contribution is -2.49. The highest BCUT2D eigenvalue weighted by Crippen LogP contribution is 2.23. The number of aromatic nitrogens is 2. The van der Waals surface area contributed by atoms with Crippen LogP contribution in [0.3, 0.4) is 0 Å². The summed E-state index contributed by atoms with van der Waals surface area (Å²) in [6.07, 6.45) is 0.159. The molecule has 0 aliphatic carbocycles. The molecule has 3 heterocycles. The summed E-state index contributed by atoms with van der Waals surface area (Å²) < 4.78 is 1.91. The maximum atomic E-state index is 12.7. The van der Waals surface area contributed by atoms with Crippen LogP contribution < -0.4 is 0 Å². The Morgan fingerprint density at radius 1 is 1.00 bits per heavy atom. The molecule has 158 valence electrons. The van der Waals surface area contributed by atoms with Gasteiger partial charge in [-0.3, -0.25) is 28.9 Å². The van der Waals surface area contributed by atoms with E-state index in [1.54, 1.807) is 24.3 Å². The van der Waals surface area contributed by atoms with Gasteiger partial charge >= 0.3 is 0 Å². The first-order valence-corrected chi connectivity index (χ1v) is 10.3. The number of hydrogen-bond acceptors (Lipinski definition) is 5. The molecule has 0 spiro atoms. The number of benzene rings is 1. The smallest absolute Gasteiger partial charge is 0.261 e. The van der Waals surface area contributed by atoms with Gasteiger partial charge in [-0.15, -0.1) is 0 Å². The monoisotopic (exact) mass is 409 g/mol. The van der Waals surface area contributed by atoms with Crippen molar-refractivity contribution in [3.63, 3.8) is 0 Å². The Bertz CT molecular complexity index is 969. The lowest BCUT2D eigenvalue weighted by molar-refractivity contribution is -0.133. The van der Waals surface area contributed by atoms with Crippen LogP contribution >= 0.6 is 0 Å². The van der Waals surface area contributed by atoms with Gasteiger partial charge in [-0.1, -0.05) is 12.1 Å². The number of imide groups is 1. The molecule has 1 fully saturated rings. The first-order chi connectivity index (χ1) is 14.4. The summed E-state index contributed by atoms with van der Waals surface area (Å²) in [6.45, 7) is 7.97. The zero-order valence-corrected chi connectivity index (χ0v) is 17.7. The van der Waals surface area contributed by atoms with Crippen LogP contribution in [0.4, 0.5) is 0 Å². The summed E-state index contributed by atoms with van der Waals surface area (Å²) in [5.74, 6) is -0.634. The quantitative estimate of drug-likeness (QED) is 0.697. The fraction of sp³-hybridized carbons (Fsp3) is 0.455. The summed E-state index contributed by atoms with van der Waals surface area (Å²) in [4.78, 5) is 42.9. The van der Waals surface area contributed by atoms with E-state index in [-0.39, 0.29) is 30.7 Å². The number of rotatable bonds is 5. The number of carbonyl (C=O) groups excluding carboxylic acids is 3. The van der Waals surface area contributed by atoms with Crippen LogP contribution in [-0.4, -0.2) is 74.9 Å². The molecule has 1 aromatic heterocycles. The second kappa shape index (κ2) is 8.02. The molecule has 3 amide bonds. The summed E-state index contributed by atoms with van der Waals surface area (Å²) in [5, 5.41) is 4.47. The predicted molar refractivity (Wildman–Crippen MR) is 111 cm³/mol. The second-order valence-corrected chi connectivity index (χ2v) is 7.99. The normalized spacial score (nSPS) is 17.0. The van der Waals surface area contributed by atoms with E-state index < -0.39 is 0 Å². The minimum atomic E-state index is -0.310. The molecule has 1 aromatic carbocycles. The zero-order valence-electron chi connectivity index (χ0n) is 17.7. The molecule has 30 heavy (non-hydrogen) atoms. The third kappa shape index (κ3) is 3.63. The third-order valence-electron chi connectivity index (χ3n) is 6.19. The van der Waals surface area contributed by atoms with E-state index >= 15 is 0 Å². The van der Waals surface area contributed by atoms with Gasteiger partial charge in [0.25, 0.3) is 11.8 Å². The van der Waals surface area contributed by atoms with Crippen molar-refractivity contribution in [1.29, 1.82) is 0 Å². The lowest BCUT2D eigenvalue weighted by Gasteiger charge is -2.35. The van der Waals surface area contributed by atoms with Crippen molar-refractivity contribution in [2.75, 3.05) is 32.7 Å². The summed E-state index contributed by atoms with van der Waals surface area (Å²) in [7, 11) is 1.96. The highest BCUT2D eigenvalue weighted by Gasteiger charge is 2.35. The molecule has 8 nitrogen and oxygen atoms in total. The fourth-order valence-corrected chi connectivity index (χ4v) is 4.23. The maximum absolute atomic E-state index is 12.7. The van der Waals surface area contributed by atoms with Gasteiger partial charge in [0.15, 0.2) is 0 Å².